The highest BCUT2D eigenvalue weighted by atomic mass is 32.2. The summed E-state index contributed by atoms with van der Waals surface area (Å²) in [6, 6.07) is 12.8. The van der Waals surface area contributed by atoms with Gasteiger partial charge in [0.1, 0.15) is 4.90 Å². The first-order chi connectivity index (χ1) is 10.9. The van der Waals surface area contributed by atoms with Crippen LogP contribution in [0.3, 0.4) is 0 Å². The molecule has 0 aliphatic carbocycles. The molecule has 0 saturated carbocycles. The third kappa shape index (κ3) is 4.69. The molecule has 0 spiro atoms. The first-order valence-electron chi connectivity index (χ1n) is 7.05. The summed E-state index contributed by atoms with van der Waals surface area (Å²) in [5.74, 6) is 0.123. The van der Waals surface area contributed by atoms with Crippen molar-refractivity contribution in [2.24, 2.45) is 0 Å². The Hall–Kier alpha value is -2.09. The number of benzene rings is 2. The maximum absolute atomic E-state index is 12.3. The second kappa shape index (κ2) is 7.45. The van der Waals surface area contributed by atoms with Crippen molar-refractivity contribution < 1.29 is 22.8 Å². The summed E-state index contributed by atoms with van der Waals surface area (Å²) in [6.07, 6.45) is -0.947. The molecule has 0 aliphatic heterocycles. The van der Waals surface area contributed by atoms with E-state index in [4.69, 9.17) is 9.29 Å². The quantitative estimate of drug-likeness (QED) is 0.663. The number of rotatable bonds is 7. The molecule has 0 aromatic heterocycles. The Kier molecular flexibility index (Phi) is 5.59. The Balaban J connectivity index is 2.20. The molecular formula is C16H19NO5S. The molecule has 0 amide bonds. The van der Waals surface area contributed by atoms with Crippen LogP contribution >= 0.6 is 0 Å². The molecule has 2 aromatic carbocycles. The summed E-state index contributed by atoms with van der Waals surface area (Å²) in [5, 5.41) is 21.0. The Morgan fingerprint density at radius 3 is 2.43 bits per heavy atom. The number of anilines is 1. The number of para-hydroxylation sites is 2. The lowest BCUT2D eigenvalue weighted by Gasteiger charge is -2.14. The van der Waals surface area contributed by atoms with Gasteiger partial charge in [0.25, 0.3) is 0 Å². The molecule has 2 rings (SSSR count). The van der Waals surface area contributed by atoms with Gasteiger partial charge in [-0.2, -0.15) is 8.42 Å². The molecule has 7 heteroatoms. The van der Waals surface area contributed by atoms with Crippen molar-refractivity contribution in [1.82, 2.24) is 0 Å². The molecule has 2 aromatic rings. The van der Waals surface area contributed by atoms with E-state index < -0.39 is 22.8 Å². The van der Waals surface area contributed by atoms with E-state index in [0.717, 1.165) is 5.56 Å². The van der Waals surface area contributed by atoms with Gasteiger partial charge in [-0.15, -0.1) is 0 Å². The van der Waals surface area contributed by atoms with Gasteiger partial charge in [-0.1, -0.05) is 29.8 Å². The highest BCUT2D eigenvalue weighted by Crippen LogP contribution is 2.27. The van der Waals surface area contributed by atoms with Crippen LogP contribution in [0.15, 0.2) is 53.4 Å². The molecule has 0 saturated heterocycles. The highest BCUT2D eigenvalue weighted by molar-refractivity contribution is 7.87. The molecule has 0 aliphatic rings. The average Bonchev–Trinajstić information content (AvgIpc) is 2.53. The Bertz CT molecular complexity index is 743. The Morgan fingerprint density at radius 2 is 1.78 bits per heavy atom. The topological polar surface area (TPSA) is 95.9 Å². The van der Waals surface area contributed by atoms with E-state index in [1.807, 2.05) is 6.92 Å². The Labute approximate surface area is 135 Å². The van der Waals surface area contributed by atoms with Crippen LogP contribution in [-0.2, 0) is 10.1 Å². The molecule has 0 heterocycles. The Morgan fingerprint density at radius 1 is 1.13 bits per heavy atom. The fourth-order valence-corrected chi connectivity index (χ4v) is 2.80. The molecule has 23 heavy (non-hydrogen) atoms. The number of aliphatic hydroxyl groups is 2. The molecule has 1 unspecified atom stereocenters. The molecule has 6 nitrogen and oxygen atoms in total. The van der Waals surface area contributed by atoms with Crippen LogP contribution in [0.2, 0.25) is 0 Å². The average molecular weight is 337 g/mol. The minimum absolute atomic E-state index is 0.0632. The molecule has 0 radical (unpaired) electrons. The summed E-state index contributed by atoms with van der Waals surface area (Å²) in [5.41, 5.74) is 1.36. The molecule has 1 atom stereocenters. The van der Waals surface area contributed by atoms with Crippen molar-refractivity contribution in [3.8, 4) is 5.75 Å². The molecule has 0 fully saturated rings. The van der Waals surface area contributed by atoms with Crippen LogP contribution in [-0.4, -0.2) is 37.9 Å². The van der Waals surface area contributed by atoms with Gasteiger partial charge >= 0.3 is 10.1 Å². The van der Waals surface area contributed by atoms with Crippen LogP contribution in [0.4, 0.5) is 5.69 Å². The maximum atomic E-state index is 12.3. The smallest absolute Gasteiger partial charge is 0.339 e. The fraction of sp³-hybridized carbons (Fsp3) is 0.250. The van der Waals surface area contributed by atoms with Gasteiger partial charge in [-0.25, -0.2) is 0 Å². The summed E-state index contributed by atoms with van der Waals surface area (Å²) in [6.45, 7) is 1.54. The highest BCUT2D eigenvalue weighted by Gasteiger charge is 2.18. The van der Waals surface area contributed by atoms with Crippen LogP contribution < -0.4 is 9.50 Å². The van der Waals surface area contributed by atoms with Crippen LogP contribution in [0, 0.1) is 6.92 Å². The zero-order chi connectivity index (χ0) is 16.9. The zero-order valence-corrected chi connectivity index (χ0v) is 13.5. The zero-order valence-electron chi connectivity index (χ0n) is 12.6. The largest absolute Gasteiger partial charge is 0.394 e. The summed E-state index contributed by atoms with van der Waals surface area (Å²) in [4.78, 5) is 0.0632. The van der Waals surface area contributed by atoms with E-state index in [-0.39, 0.29) is 17.2 Å². The second-order valence-corrected chi connectivity index (χ2v) is 6.61. The van der Waals surface area contributed by atoms with Crippen molar-refractivity contribution in [1.29, 1.82) is 0 Å². The maximum Gasteiger partial charge on any atom is 0.339 e. The number of hydrogen-bond donors (Lipinski definition) is 3. The van der Waals surface area contributed by atoms with Crippen LogP contribution in [0.1, 0.15) is 5.56 Å². The molecule has 124 valence electrons. The number of nitrogens with one attached hydrogen (secondary N) is 1. The van der Waals surface area contributed by atoms with Gasteiger partial charge in [0.05, 0.1) is 18.4 Å². The van der Waals surface area contributed by atoms with Gasteiger partial charge in [0.15, 0.2) is 5.75 Å². The lowest BCUT2D eigenvalue weighted by atomic mass is 10.2. The van der Waals surface area contributed by atoms with Gasteiger partial charge < -0.3 is 19.7 Å². The second-order valence-electron chi connectivity index (χ2n) is 5.06. The molecule has 3 N–H and O–H groups in total. The first kappa shape index (κ1) is 17.3. The van der Waals surface area contributed by atoms with Gasteiger partial charge in [-0.3, -0.25) is 0 Å². The summed E-state index contributed by atoms with van der Waals surface area (Å²) >= 11 is 0. The summed E-state index contributed by atoms with van der Waals surface area (Å²) in [7, 11) is -3.95. The third-order valence-corrected chi connectivity index (χ3v) is 4.38. The minimum atomic E-state index is -3.95. The summed E-state index contributed by atoms with van der Waals surface area (Å²) < 4.78 is 29.8. The fourth-order valence-electron chi connectivity index (χ4n) is 1.85. The van der Waals surface area contributed by atoms with Gasteiger partial charge in [0.2, 0.25) is 0 Å². The van der Waals surface area contributed by atoms with E-state index in [1.54, 1.807) is 30.3 Å². The lowest BCUT2D eigenvalue weighted by molar-refractivity contribution is 0.105. The van der Waals surface area contributed by atoms with E-state index in [0.29, 0.717) is 5.69 Å². The molecular weight excluding hydrogens is 318 g/mol. The van der Waals surface area contributed by atoms with Crippen molar-refractivity contribution in [2.75, 3.05) is 18.5 Å². The van der Waals surface area contributed by atoms with Gasteiger partial charge in [-0.05, 0) is 31.2 Å². The normalized spacial score (nSPS) is 12.7. The minimum Gasteiger partial charge on any atom is -0.394 e. The van der Waals surface area contributed by atoms with Crippen molar-refractivity contribution in [3.05, 3.63) is 54.1 Å². The van der Waals surface area contributed by atoms with Crippen LogP contribution in [0.5, 0.6) is 5.75 Å². The molecule has 0 bridgehead atoms. The monoisotopic (exact) mass is 337 g/mol. The van der Waals surface area contributed by atoms with E-state index >= 15 is 0 Å². The van der Waals surface area contributed by atoms with E-state index in [9.17, 15) is 13.5 Å². The first-order valence-corrected chi connectivity index (χ1v) is 8.46. The van der Waals surface area contributed by atoms with Crippen molar-refractivity contribution in [2.45, 2.75) is 17.9 Å². The van der Waals surface area contributed by atoms with E-state index in [2.05, 4.69) is 5.32 Å². The predicted octanol–water partition coefficient (Wildman–Crippen LogP) is 1.53. The number of aliphatic hydroxyl groups excluding tert-OH is 2. The number of aryl methyl sites for hydroxylation is 1. The standard InChI is InChI=1S/C16H19NO5S/c1-12-6-8-14(9-7-12)23(20,21)22-16-5-3-2-4-15(16)17-10-13(19)11-18/h2-9,13,17-19H,10-11H2,1H3. The van der Waals surface area contributed by atoms with E-state index in [1.165, 1.54) is 18.2 Å². The number of hydrogen-bond acceptors (Lipinski definition) is 6. The van der Waals surface area contributed by atoms with Crippen molar-refractivity contribution >= 4 is 15.8 Å². The van der Waals surface area contributed by atoms with Crippen LogP contribution in [0.25, 0.3) is 0 Å². The SMILES string of the molecule is Cc1ccc(S(=O)(=O)Oc2ccccc2NCC(O)CO)cc1. The third-order valence-electron chi connectivity index (χ3n) is 3.14. The lowest BCUT2D eigenvalue weighted by Crippen LogP contribution is -2.23. The van der Waals surface area contributed by atoms with Gasteiger partial charge in [0, 0.05) is 6.54 Å². The van der Waals surface area contributed by atoms with Crippen molar-refractivity contribution in [3.63, 3.8) is 0 Å². The predicted molar refractivity (Wildman–Crippen MR) is 87.0 cm³/mol.